The first-order chi connectivity index (χ1) is 18.5. The zero-order valence-electron chi connectivity index (χ0n) is 21.5. The van der Waals surface area contributed by atoms with Gasteiger partial charge in [0.1, 0.15) is 5.82 Å². The summed E-state index contributed by atoms with van der Waals surface area (Å²) in [6.07, 6.45) is 3.39. The lowest BCUT2D eigenvalue weighted by Gasteiger charge is -2.33. The molecule has 2 aromatic carbocycles. The van der Waals surface area contributed by atoms with E-state index in [0.29, 0.717) is 35.2 Å². The van der Waals surface area contributed by atoms with Crippen molar-refractivity contribution in [1.29, 1.82) is 0 Å². The van der Waals surface area contributed by atoms with Crippen LogP contribution in [0.3, 0.4) is 0 Å². The van der Waals surface area contributed by atoms with Gasteiger partial charge in [0.05, 0.1) is 52.0 Å². The number of methoxy groups -OCH3 is 1. The maximum atomic E-state index is 15.6. The van der Waals surface area contributed by atoms with Gasteiger partial charge >= 0.3 is 5.97 Å². The highest BCUT2D eigenvalue weighted by Crippen LogP contribution is 2.43. The molecule has 5 aromatic rings. The van der Waals surface area contributed by atoms with Crippen molar-refractivity contribution in [2.24, 2.45) is 13.0 Å². The molecule has 194 valence electrons. The Balaban J connectivity index is 1.75. The van der Waals surface area contributed by atoms with Crippen LogP contribution in [-0.2, 0) is 16.5 Å². The quantitative estimate of drug-likeness (QED) is 0.299. The van der Waals surface area contributed by atoms with Crippen molar-refractivity contribution in [2.45, 2.75) is 25.8 Å². The van der Waals surface area contributed by atoms with Crippen molar-refractivity contribution >= 4 is 27.9 Å². The van der Waals surface area contributed by atoms with Crippen molar-refractivity contribution in [3.05, 3.63) is 77.4 Å². The number of pyridine rings is 1. The molecule has 0 saturated carbocycles. The van der Waals surface area contributed by atoms with Crippen molar-refractivity contribution in [3.8, 4) is 11.3 Å². The van der Waals surface area contributed by atoms with Gasteiger partial charge in [-0.05, 0) is 49.4 Å². The molecule has 1 saturated heterocycles. The Kier molecular flexibility index (Phi) is 6.15. The number of nitrogens with zero attached hydrogens (tertiary/aromatic N) is 5. The molecule has 9 heteroatoms. The van der Waals surface area contributed by atoms with Crippen LogP contribution < -0.4 is 0 Å². The molecular weight excluding hydrogens is 485 g/mol. The summed E-state index contributed by atoms with van der Waals surface area (Å²) in [6, 6.07) is 14.8. The Bertz CT molecular complexity index is 1630. The second-order valence-corrected chi connectivity index (χ2v) is 9.72. The van der Waals surface area contributed by atoms with Crippen LogP contribution >= 0.6 is 0 Å². The molecule has 38 heavy (non-hydrogen) atoms. The van der Waals surface area contributed by atoms with Gasteiger partial charge in [-0.1, -0.05) is 35.5 Å². The second kappa shape index (κ2) is 9.64. The van der Waals surface area contributed by atoms with Crippen molar-refractivity contribution in [2.75, 3.05) is 20.3 Å². The molecule has 0 spiro atoms. The van der Waals surface area contributed by atoms with E-state index in [-0.39, 0.29) is 12.0 Å². The van der Waals surface area contributed by atoms with Gasteiger partial charge in [0.2, 0.25) is 0 Å². The molecule has 0 bridgehead atoms. The van der Waals surface area contributed by atoms with Gasteiger partial charge < -0.3 is 14.0 Å². The van der Waals surface area contributed by atoms with Gasteiger partial charge in [-0.25, -0.2) is 13.9 Å². The third-order valence-corrected chi connectivity index (χ3v) is 7.54. The Morgan fingerprint density at radius 3 is 2.61 bits per heavy atom. The molecular formula is C29H28FN5O3. The fourth-order valence-corrected chi connectivity index (χ4v) is 5.85. The van der Waals surface area contributed by atoms with Crippen molar-refractivity contribution in [1.82, 2.24) is 24.5 Å². The van der Waals surface area contributed by atoms with Gasteiger partial charge in [0.15, 0.2) is 0 Å². The third-order valence-electron chi connectivity index (χ3n) is 7.54. The molecule has 4 heterocycles. The molecule has 1 unspecified atom stereocenters. The first-order valence-corrected chi connectivity index (χ1v) is 12.7. The standard InChI is InChI=1S/C29H28FN5O3/c1-17-26(34(2)33-32-17)20-15-23-25(31-16-20)24-22(30)10-9-21(29(36)37-3)28(24)35(23)27(18-7-5-4-6-8-18)19-11-13-38-14-12-19/h4-10,15-16,19,27H,11-14H2,1-3H3. The Morgan fingerprint density at radius 2 is 1.92 bits per heavy atom. The summed E-state index contributed by atoms with van der Waals surface area (Å²) in [5.74, 6) is -0.763. The first-order valence-electron chi connectivity index (χ1n) is 12.7. The van der Waals surface area contributed by atoms with E-state index in [9.17, 15) is 4.79 Å². The maximum absolute atomic E-state index is 15.6. The van der Waals surface area contributed by atoms with Gasteiger partial charge in [0, 0.05) is 32.0 Å². The van der Waals surface area contributed by atoms with E-state index in [1.54, 1.807) is 10.9 Å². The SMILES string of the molecule is COC(=O)c1ccc(F)c2c3ncc(-c4c(C)nnn4C)cc3n(C(c3ccccc3)C3CCOCC3)c12. The smallest absolute Gasteiger partial charge is 0.340 e. The van der Waals surface area contributed by atoms with E-state index in [0.717, 1.165) is 40.9 Å². The van der Waals surface area contributed by atoms with Gasteiger partial charge in [0.25, 0.3) is 0 Å². The summed E-state index contributed by atoms with van der Waals surface area (Å²) >= 11 is 0. The highest BCUT2D eigenvalue weighted by molar-refractivity contribution is 6.14. The van der Waals surface area contributed by atoms with Crippen molar-refractivity contribution < 1.29 is 18.7 Å². The Labute approximate surface area is 219 Å². The minimum absolute atomic E-state index is 0.187. The maximum Gasteiger partial charge on any atom is 0.340 e. The summed E-state index contributed by atoms with van der Waals surface area (Å²) < 4.78 is 30.3. The molecule has 3 aromatic heterocycles. The number of ether oxygens (including phenoxy) is 2. The monoisotopic (exact) mass is 513 g/mol. The molecule has 1 aliphatic heterocycles. The normalized spacial score (nSPS) is 15.3. The number of hydrogen-bond acceptors (Lipinski definition) is 6. The van der Waals surface area contributed by atoms with Crippen LogP contribution in [0.25, 0.3) is 33.2 Å². The van der Waals surface area contributed by atoms with Crippen LogP contribution in [0.1, 0.15) is 40.5 Å². The minimum atomic E-state index is -0.523. The topological polar surface area (TPSA) is 84.1 Å². The molecule has 0 amide bonds. The summed E-state index contributed by atoms with van der Waals surface area (Å²) in [5, 5.41) is 8.66. The zero-order chi connectivity index (χ0) is 26.4. The number of carbonyl (C=O) groups is 1. The lowest BCUT2D eigenvalue weighted by Crippen LogP contribution is -2.27. The molecule has 0 aliphatic carbocycles. The summed E-state index contributed by atoms with van der Waals surface area (Å²) in [4.78, 5) is 17.8. The van der Waals surface area contributed by atoms with E-state index < -0.39 is 11.8 Å². The number of esters is 1. The number of benzene rings is 2. The molecule has 6 rings (SSSR count). The number of rotatable bonds is 5. The average molecular weight is 514 g/mol. The lowest BCUT2D eigenvalue weighted by molar-refractivity contribution is 0.0549. The molecule has 1 atom stereocenters. The van der Waals surface area contributed by atoms with Crippen LogP contribution in [0.4, 0.5) is 4.39 Å². The summed E-state index contributed by atoms with van der Waals surface area (Å²) in [5.41, 5.74) is 5.48. The molecule has 0 N–H and O–H groups in total. The van der Waals surface area contributed by atoms with Crippen LogP contribution in [0.5, 0.6) is 0 Å². The zero-order valence-corrected chi connectivity index (χ0v) is 21.5. The second-order valence-electron chi connectivity index (χ2n) is 9.72. The van der Waals surface area contributed by atoms with Crippen LogP contribution in [-0.4, -0.2) is 50.8 Å². The van der Waals surface area contributed by atoms with E-state index >= 15 is 4.39 Å². The number of halogens is 1. The largest absolute Gasteiger partial charge is 0.465 e. The summed E-state index contributed by atoms with van der Waals surface area (Å²) in [6.45, 7) is 3.19. The molecule has 0 radical (unpaired) electrons. The number of aryl methyl sites for hydroxylation is 2. The van der Waals surface area contributed by atoms with Crippen LogP contribution in [0.15, 0.2) is 54.7 Å². The molecule has 1 aliphatic rings. The Hall–Kier alpha value is -4.11. The van der Waals surface area contributed by atoms with E-state index in [2.05, 4.69) is 27.0 Å². The van der Waals surface area contributed by atoms with Crippen molar-refractivity contribution in [3.63, 3.8) is 0 Å². The summed E-state index contributed by atoms with van der Waals surface area (Å²) in [7, 11) is 3.17. The molecule has 8 nitrogen and oxygen atoms in total. The minimum Gasteiger partial charge on any atom is -0.465 e. The van der Waals surface area contributed by atoms with Gasteiger partial charge in [-0.2, -0.15) is 0 Å². The van der Waals surface area contributed by atoms with E-state index in [1.165, 1.54) is 19.2 Å². The fourth-order valence-electron chi connectivity index (χ4n) is 5.85. The number of carbonyl (C=O) groups excluding carboxylic acids is 1. The third kappa shape index (κ3) is 3.85. The predicted molar refractivity (Wildman–Crippen MR) is 141 cm³/mol. The van der Waals surface area contributed by atoms with E-state index in [1.807, 2.05) is 38.2 Å². The van der Waals surface area contributed by atoms with Gasteiger partial charge in [-0.3, -0.25) is 4.98 Å². The lowest BCUT2D eigenvalue weighted by atomic mass is 9.86. The fraction of sp³-hybridized carbons (Fsp3) is 0.310. The number of hydrogen-bond donors (Lipinski definition) is 0. The predicted octanol–water partition coefficient (Wildman–Crippen LogP) is 5.24. The van der Waals surface area contributed by atoms with Crippen LogP contribution in [0.2, 0.25) is 0 Å². The van der Waals surface area contributed by atoms with Crippen LogP contribution in [0, 0.1) is 18.7 Å². The van der Waals surface area contributed by atoms with E-state index in [4.69, 9.17) is 14.5 Å². The highest BCUT2D eigenvalue weighted by Gasteiger charge is 2.33. The number of aromatic nitrogens is 5. The number of fused-ring (bicyclic) bond motifs is 3. The first kappa shape index (κ1) is 24.2. The Morgan fingerprint density at radius 1 is 1.16 bits per heavy atom. The van der Waals surface area contributed by atoms with Gasteiger partial charge in [-0.15, -0.1) is 5.10 Å². The average Bonchev–Trinajstić information content (AvgIpc) is 3.46. The highest BCUT2D eigenvalue weighted by atomic mass is 19.1. The molecule has 1 fully saturated rings.